The number of aromatic nitrogens is 1. The first-order chi connectivity index (χ1) is 14.4. The minimum Gasteiger partial charge on any atom is -0.370 e. The largest absolute Gasteiger partial charge is 0.416 e. The van der Waals surface area contributed by atoms with Gasteiger partial charge in [-0.15, -0.1) is 0 Å². The first-order valence-corrected chi connectivity index (χ1v) is 8.91. The van der Waals surface area contributed by atoms with Gasteiger partial charge in [-0.25, -0.2) is 4.39 Å². The Kier molecular flexibility index (Phi) is 5.84. The van der Waals surface area contributed by atoms with Gasteiger partial charge in [0.2, 0.25) is 5.91 Å². The van der Waals surface area contributed by atoms with Crippen LogP contribution in [0.1, 0.15) is 23.1 Å². The van der Waals surface area contributed by atoms with Crippen LogP contribution in [-0.4, -0.2) is 10.9 Å². The number of benzene rings is 2. The molecule has 1 amide bonds. The Morgan fingerprint density at radius 3 is 1.97 bits per heavy atom. The lowest BCUT2D eigenvalue weighted by Gasteiger charge is -2.10. The predicted molar refractivity (Wildman–Crippen MR) is 99.1 cm³/mol. The van der Waals surface area contributed by atoms with Crippen molar-refractivity contribution < 1.29 is 35.5 Å². The number of primary amides is 1. The number of halogens is 7. The number of amides is 1. The van der Waals surface area contributed by atoms with Crippen molar-refractivity contribution in [3.8, 4) is 22.5 Å². The van der Waals surface area contributed by atoms with E-state index >= 15 is 0 Å². The van der Waals surface area contributed by atoms with Gasteiger partial charge in [-0.1, -0.05) is 12.1 Å². The third-order valence-corrected chi connectivity index (χ3v) is 4.63. The number of aromatic amines is 1. The molecule has 0 aliphatic carbocycles. The molecule has 0 bridgehead atoms. The minimum absolute atomic E-state index is 0.0578. The molecule has 0 fully saturated rings. The Hall–Kier alpha value is -3.30. The van der Waals surface area contributed by atoms with Gasteiger partial charge in [0.25, 0.3) is 0 Å². The van der Waals surface area contributed by atoms with Crippen molar-refractivity contribution in [3.05, 3.63) is 71.0 Å². The molecule has 2 aromatic carbocycles. The zero-order valence-corrected chi connectivity index (χ0v) is 15.7. The van der Waals surface area contributed by atoms with E-state index < -0.39 is 35.2 Å². The molecule has 3 aromatic rings. The fraction of sp³-hybridized carbons (Fsp3) is 0.190. The molecule has 0 radical (unpaired) electrons. The van der Waals surface area contributed by atoms with E-state index in [9.17, 15) is 35.5 Å². The number of nitrogens with one attached hydrogen (secondary N) is 1. The summed E-state index contributed by atoms with van der Waals surface area (Å²) < 4.78 is 91.3. The summed E-state index contributed by atoms with van der Waals surface area (Å²) in [6, 6.07) is 7.68. The van der Waals surface area contributed by atoms with Crippen molar-refractivity contribution in [2.45, 2.75) is 25.2 Å². The normalized spacial score (nSPS) is 12.2. The summed E-state index contributed by atoms with van der Waals surface area (Å²) in [5, 5.41) is 0. The smallest absolute Gasteiger partial charge is 0.370 e. The molecule has 3 nitrogen and oxygen atoms in total. The fourth-order valence-electron chi connectivity index (χ4n) is 3.08. The molecule has 0 saturated heterocycles. The third-order valence-electron chi connectivity index (χ3n) is 4.63. The summed E-state index contributed by atoms with van der Waals surface area (Å²) in [7, 11) is 0. The highest BCUT2D eigenvalue weighted by molar-refractivity contribution is 5.76. The molecule has 0 aliphatic rings. The lowest BCUT2D eigenvalue weighted by Crippen LogP contribution is -2.11. The molecular formula is C21H15F7N2O. The van der Waals surface area contributed by atoms with Crippen LogP contribution in [0.5, 0.6) is 0 Å². The van der Waals surface area contributed by atoms with Crippen LogP contribution in [-0.2, 0) is 23.6 Å². The first kappa shape index (κ1) is 22.4. The van der Waals surface area contributed by atoms with E-state index in [1.807, 2.05) is 0 Å². The molecule has 0 aliphatic heterocycles. The molecule has 1 aromatic heterocycles. The Morgan fingerprint density at radius 1 is 0.871 bits per heavy atom. The summed E-state index contributed by atoms with van der Waals surface area (Å²) in [4.78, 5) is 14.0. The second-order valence-electron chi connectivity index (χ2n) is 6.82. The first-order valence-electron chi connectivity index (χ1n) is 8.91. The van der Waals surface area contributed by atoms with Crippen molar-refractivity contribution in [2.75, 3.05) is 0 Å². The van der Waals surface area contributed by atoms with Gasteiger partial charge in [0.1, 0.15) is 5.82 Å². The minimum atomic E-state index is -4.73. The predicted octanol–water partition coefficient (Wildman–Crippen LogP) is 5.94. The molecule has 0 unspecified atom stereocenters. The van der Waals surface area contributed by atoms with E-state index in [0.717, 1.165) is 24.3 Å². The van der Waals surface area contributed by atoms with Gasteiger partial charge in [0.15, 0.2) is 0 Å². The third kappa shape index (κ3) is 5.07. The molecule has 0 atom stereocenters. The van der Waals surface area contributed by atoms with E-state index in [4.69, 9.17) is 5.73 Å². The lowest BCUT2D eigenvalue weighted by atomic mass is 10.0. The van der Waals surface area contributed by atoms with Gasteiger partial charge in [-0.05, 0) is 53.9 Å². The fourth-order valence-corrected chi connectivity index (χ4v) is 3.08. The maximum Gasteiger partial charge on any atom is 0.416 e. The lowest BCUT2D eigenvalue weighted by molar-refractivity contribution is -0.138. The molecule has 31 heavy (non-hydrogen) atoms. The van der Waals surface area contributed by atoms with Crippen LogP contribution in [0, 0.1) is 5.82 Å². The molecule has 0 saturated carbocycles. The van der Waals surface area contributed by atoms with E-state index in [1.54, 1.807) is 0 Å². The molecule has 0 spiro atoms. The average Bonchev–Trinajstić information content (AvgIpc) is 3.09. The van der Waals surface area contributed by atoms with Gasteiger partial charge >= 0.3 is 12.4 Å². The second-order valence-corrected chi connectivity index (χ2v) is 6.82. The number of hydrogen-bond donors (Lipinski definition) is 2. The number of hydrogen-bond acceptors (Lipinski definition) is 1. The van der Waals surface area contributed by atoms with Crippen LogP contribution in [0.15, 0.2) is 48.5 Å². The number of carbonyl (C=O) groups excluding carboxylic acids is 1. The Balaban J connectivity index is 2.05. The number of carbonyl (C=O) groups is 1. The maximum atomic E-state index is 14.5. The molecular weight excluding hydrogens is 429 g/mol. The summed E-state index contributed by atoms with van der Waals surface area (Å²) >= 11 is 0. The summed E-state index contributed by atoms with van der Waals surface area (Å²) in [6.45, 7) is 0. The molecule has 10 heteroatoms. The highest BCUT2D eigenvalue weighted by Gasteiger charge is 2.32. The van der Waals surface area contributed by atoms with Crippen LogP contribution in [0.2, 0.25) is 0 Å². The number of H-pyrrole nitrogens is 1. The zero-order chi connectivity index (χ0) is 23.0. The van der Waals surface area contributed by atoms with Crippen LogP contribution >= 0.6 is 0 Å². The van der Waals surface area contributed by atoms with Crippen molar-refractivity contribution in [2.24, 2.45) is 5.73 Å². The topological polar surface area (TPSA) is 58.9 Å². The maximum absolute atomic E-state index is 14.5. The van der Waals surface area contributed by atoms with E-state index in [0.29, 0.717) is 22.9 Å². The van der Waals surface area contributed by atoms with Crippen LogP contribution in [0.25, 0.3) is 22.5 Å². The molecule has 1 heterocycles. The monoisotopic (exact) mass is 444 g/mol. The molecule has 3 N–H and O–H groups in total. The van der Waals surface area contributed by atoms with Crippen molar-refractivity contribution >= 4 is 5.91 Å². The molecule has 164 valence electrons. The number of alkyl halides is 6. The van der Waals surface area contributed by atoms with Crippen molar-refractivity contribution in [1.29, 1.82) is 0 Å². The number of nitrogens with two attached hydrogens (primary N) is 1. The second kappa shape index (κ2) is 8.09. The van der Waals surface area contributed by atoms with Gasteiger partial charge in [0.05, 0.1) is 16.8 Å². The summed E-state index contributed by atoms with van der Waals surface area (Å²) in [5.41, 5.74) is 4.09. The zero-order valence-electron chi connectivity index (χ0n) is 15.7. The van der Waals surface area contributed by atoms with Gasteiger partial charge in [-0.3, -0.25) is 4.79 Å². The number of aryl methyl sites for hydroxylation is 1. The number of rotatable bonds is 5. The standard InChI is InChI=1S/C21H15F7N2O/c22-16-10-14(21(26,27)28)6-7-15(16)19-12(3-8-18(29)31)9-17(30-19)11-1-4-13(5-2-11)20(23,24)25/h1-2,4-7,9-10,30H,3,8H2,(H2,29,31). The van der Waals surface area contributed by atoms with Gasteiger partial charge < -0.3 is 10.7 Å². The quantitative estimate of drug-likeness (QED) is 0.470. The van der Waals surface area contributed by atoms with Crippen molar-refractivity contribution in [3.63, 3.8) is 0 Å². The van der Waals surface area contributed by atoms with Crippen LogP contribution < -0.4 is 5.73 Å². The summed E-state index contributed by atoms with van der Waals surface area (Å²) in [5.74, 6) is -1.79. The summed E-state index contributed by atoms with van der Waals surface area (Å²) in [6.07, 6.45) is -9.30. The Bertz CT molecular complexity index is 1100. The highest BCUT2D eigenvalue weighted by atomic mass is 19.4. The van der Waals surface area contributed by atoms with Gasteiger partial charge in [0, 0.05) is 17.7 Å². The Labute approximate surface area is 171 Å². The highest BCUT2D eigenvalue weighted by Crippen LogP contribution is 2.36. The SMILES string of the molecule is NC(=O)CCc1cc(-c2ccc(C(F)(F)F)cc2)[nH]c1-c1ccc(C(F)(F)F)cc1F. The van der Waals surface area contributed by atoms with E-state index in [-0.39, 0.29) is 24.1 Å². The van der Waals surface area contributed by atoms with Crippen molar-refractivity contribution in [1.82, 2.24) is 4.98 Å². The van der Waals surface area contributed by atoms with E-state index in [2.05, 4.69) is 4.98 Å². The van der Waals surface area contributed by atoms with Crippen LogP contribution in [0.4, 0.5) is 30.7 Å². The van der Waals surface area contributed by atoms with E-state index in [1.165, 1.54) is 18.2 Å². The average molecular weight is 444 g/mol. The van der Waals surface area contributed by atoms with Gasteiger partial charge in [-0.2, -0.15) is 26.3 Å². The molecule has 3 rings (SSSR count). The Morgan fingerprint density at radius 2 is 1.45 bits per heavy atom. The van der Waals surface area contributed by atoms with Crippen LogP contribution in [0.3, 0.4) is 0 Å².